The van der Waals surface area contributed by atoms with Crippen molar-refractivity contribution in [2.24, 2.45) is 7.05 Å². The molecule has 20 heavy (non-hydrogen) atoms. The quantitative estimate of drug-likeness (QED) is 0.694. The van der Waals surface area contributed by atoms with E-state index in [1.54, 1.807) is 0 Å². The first-order valence-electron chi connectivity index (χ1n) is 6.60. The van der Waals surface area contributed by atoms with Gasteiger partial charge < -0.3 is 4.57 Å². The summed E-state index contributed by atoms with van der Waals surface area (Å²) in [7, 11) is 1.94. The SMILES string of the molecule is Cc1nn(C)cc1Cn1c(CCl)nc2c(C)cccc21. The molecule has 0 unspecified atom stereocenters. The van der Waals surface area contributed by atoms with Crippen molar-refractivity contribution in [3.05, 3.63) is 47.0 Å². The molecule has 0 aliphatic heterocycles. The van der Waals surface area contributed by atoms with Gasteiger partial charge in [0.05, 0.1) is 29.2 Å². The van der Waals surface area contributed by atoms with Crippen molar-refractivity contribution in [2.45, 2.75) is 26.3 Å². The van der Waals surface area contributed by atoms with E-state index in [4.69, 9.17) is 11.6 Å². The number of aromatic nitrogens is 4. The minimum absolute atomic E-state index is 0.410. The summed E-state index contributed by atoms with van der Waals surface area (Å²) >= 11 is 6.06. The third kappa shape index (κ3) is 2.10. The van der Waals surface area contributed by atoms with Crippen molar-refractivity contribution in [3.8, 4) is 0 Å². The molecule has 0 aliphatic rings. The molecule has 0 saturated carbocycles. The van der Waals surface area contributed by atoms with Gasteiger partial charge in [0.25, 0.3) is 0 Å². The Labute approximate surface area is 123 Å². The fourth-order valence-corrected chi connectivity index (χ4v) is 2.79. The molecule has 4 nitrogen and oxygen atoms in total. The summed E-state index contributed by atoms with van der Waals surface area (Å²) in [6.07, 6.45) is 2.05. The standard InChI is InChI=1S/C15H17ClN4/c1-10-5-4-6-13-15(10)17-14(7-16)20(13)9-12-8-19(3)18-11(12)2/h4-6,8H,7,9H2,1-3H3. The average molecular weight is 289 g/mol. The van der Waals surface area contributed by atoms with E-state index in [-0.39, 0.29) is 0 Å². The van der Waals surface area contributed by atoms with Crippen molar-refractivity contribution >= 4 is 22.6 Å². The van der Waals surface area contributed by atoms with Crippen LogP contribution >= 0.6 is 11.6 Å². The molecule has 5 heteroatoms. The van der Waals surface area contributed by atoms with E-state index >= 15 is 0 Å². The maximum atomic E-state index is 6.06. The molecule has 2 aromatic heterocycles. The van der Waals surface area contributed by atoms with Crippen molar-refractivity contribution in [2.75, 3.05) is 0 Å². The van der Waals surface area contributed by atoms with Crippen molar-refractivity contribution in [3.63, 3.8) is 0 Å². The minimum Gasteiger partial charge on any atom is -0.322 e. The fourth-order valence-electron chi connectivity index (χ4n) is 2.59. The fraction of sp³-hybridized carbons (Fsp3) is 0.333. The largest absolute Gasteiger partial charge is 0.322 e. The van der Waals surface area contributed by atoms with Gasteiger partial charge in [0.15, 0.2) is 0 Å². The van der Waals surface area contributed by atoms with E-state index in [1.165, 1.54) is 11.1 Å². The molecule has 1 aromatic carbocycles. The zero-order valence-electron chi connectivity index (χ0n) is 11.9. The van der Waals surface area contributed by atoms with Gasteiger partial charge in [-0.2, -0.15) is 5.10 Å². The highest BCUT2D eigenvalue weighted by molar-refractivity contribution is 6.16. The minimum atomic E-state index is 0.410. The summed E-state index contributed by atoms with van der Waals surface area (Å²) < 4.78 is 4.02. The molecule has 0 amide bonds. The summed E-state index contributed by atoms with van der Waals surface area (Å²) in [5.41, 5.74) is 5.58. The molecule has 3 rings (SSSR count). The van der Waals surface area contributed by atoms with Gasteiger partial charge in [0.2, 0.25) is 0 Å². The van der Waals surface area contributed by atoms with Crippen LogP contribution in [0.2, 0.25) is 0 Å². The highest BCUT2D eigenvalue weighted by Crippen LogP contribution is 2.22. The lowest BCUT2D eigenvalue weighted by Gasteiger charge is -2.07. The van der Waals surface area contributed by atoms with Crippen molar-refractivity contribution in [1.29, 1.82) is 0 Å². The van der Waals surface area contributed by atoms with Gasteiger partial charge in [-0.15, -0.1) is 11.6 Å². The number of benzene rings is 1. The third-order valence-corrected chi connectivity index (χ3v) is 3.86. The van der Waals surface area contributed by atoms with Crippen LogP contribution in [0.4, 0.5) is 0 Å². The molecular formula is C15H17ClN4. The van der Waals surface area contributed by atoms with E-state index in [9.17, 15) is 0 Å². The molecule has 2 heterocycles. The highest BCUT2D eigenvalue weighted by Gasteiger charge is 2.13. The number of para-hydroxylation sites is 1. The van der Waals surface area contributed by atoms with Gasteiger partial charge >= 0.3 is 0 Å². The lowest BCUT2D eigenvalue weighted by molar-refractivity contribution is 0.754. The number of fused-ring (bicyclic) bond motifs is 1. The maximum absolute atomic E-state index is 6.06. The third-order valence-electron chi connectivity index (χ3n) is 3.62. The number of imidazole rings is 1. The lowest BCUT2D eigenvalue weighted by atomic mass is 10.2. The van der Waals surface area contributed by atoms with Gasteiger partial charge in [0, 0.05) is 18.8 Å². The molecule has 0 atom stereocenters. The Morgan fingerprint density at radius 2 is 2.05 bits per heavy atom. The molecule has 0 saturated heterocycles. The van der Waals surface area contributed by atoms with Crippen molar-refractivity contribution in [1.82, 2.24) is 19.3 Å². The predicted molar refractivity (Wildman–Crippen MR) is 81.1 cm³/mol. The Kier molecular flexibility index (Phi) is 3.26. The van der Waals surface area contributed by atoms with Crippen LogP contribution in [0, 0.1) is 13.8 Å². The second-order valence-corrected chi connectivity index (χ2v) is 5.37. The average Bonchev–Trinajstić information content (AvgIpc) is 2.92. The number of hydrogen-bond acceptors (Lipinski definition) is 2. The Morgan fingerprint density at radius 1 is 1.25 bits per heavy atom. The summed E-state index contributed by atoms with van der Waals surface area (Å²) in [6.45, 7) is 4.86. The zero-order valence-corrected chi connectivity index (χ0v) is 12.6. The molecule has 0 N–H and O–H groups in total. The molecular weight excluding hydrogens is 272 g/mol. The van der Waals surface area contributed by atoms with E-state index in [2.05, 4.69) is 46.0 Å². The topological polar surface area (TPSA) is 35.6 Å². The second kappa shape index (κ2) is 4.94. The second-order valence-electron chi connectivity index (χ2n) is 5.10. The van der Waals surface area contributed by atoms with Gasteiger partial charge in [-0.1, -0.05) is 12.1 Å². The summed E-state index contributed by atoms with van der Waals surface area (Å²) in [4.78, 5) is 4.67. The van der Waals surface area contributed by atoms with Crippen molar-refractivity contribution < 1.29 is 0 Å². The van der Waals surface area contributed by atoms with Crippen LogP contribution in [-0.4, -0.2) is 19.3 Å². The number of nitrogens with zero attached hydrogens (tertiary/aromatic N) is 4. The van der Waals surface area contributed by atoms with E-state index in [0.29, 0.717) is 5.88 Å². The van der Waals surface area contributed by atoms with Crippen LogP contribution in [0.5, 0.6) is 0 Å². The van der Waals surface area contributed by atoms with Crippen LogP contribution < -0.4 is 0 Å². The Hall–Kier alpha value is -1.81. The first-order valence-corrected chi connectivity index (χ1v) is 7.13. The van der Waals surface area contributed by atoms with Crippen LogP contribution in [0.1, 0.15) is 22.6 Å². The summed E-state index contributed by atoms with van der Waals surface area (Å²) in [5.74, 6) is 1.31. The number of rotatable bonds is 3. The van der Waals surface area contributed by atoms with Gasteiger partial charge in [-0.25, -0.2) is 4.98 Å². The van der Waals surface area contributed by atoms with Gasteiger partial charge in [-0.3, -0.25) is 4.68 Å². The molecule has 3 aromatic rings. The lowest BCUT2D eigenvalue weighted by Crippen LogP contribution is -2.04. The summed E-state index contributed by atoms with van der Waals surface area (Å²) in [6, 6.07) is 6.23. The molecule has 0 bridgehead atoms. The number of hydrogen-bond donors (Lipinski definition) is 0. The maximum Gasteiger partial charge on any atom is 0.125 e. The summed E-state index contributed by atoms with van der Waals surface area (Å²) in [5, 5.41) is 4.39. The predicted octanol–water partition coefficient (Wildman–Crippen LogP) is 3.17. The molecule has 104 valence electrons. The van der Waals surface area contributed by atoms with Crippen LogP contribution in [-0.2, 0) is 19.5 Å². The Balaban J connectivity index is 2.15. The molecule has 0 spiro atoms. The first kappa shape index (κ1) is 13.2. The Bertz CT molecular complexity index is 770. The van der Waals surface area contributed by atoms with E-state index in [1.807, 2.05) is 18.7 Å². The van der Waals surface area contributed by atoms with Gasteiger partial charge in [0.1, 0.15) is 5.82 Å². The number of alkyl halides is 1. The molecule has 0 aliphatic carbocycles. The van der Waals surface area contributed by atoms with Crippen LogP contribution in [0.25, 0.3) is 11.0 Å². The van der Waals surface area contributed by atoms with Gasteiger partial charge in [-0.05, 0) is 25.5 Å². The van der Waals surface area contributed by atoms with Crippen LogP contribution in [0.3, 0.4) is 0 Å². The van der Waals surface area contributed by atoms with Crippen LogP contribution in [0.15, 0.2) is 24.4 Å². The smallest absolute Gasteiger partial charge is 0.125 e. The zero-order chi connectivity index (χ0) is 14.3. The number of halogens is 1. The number of aryl methyl sites for hydroxylation is 3. The van der Waals surface area contributed by atoms with E-state index in [0.717, 1.165) is 29.1 Å². The first-order chi connectivity index (χ1) is 9.60. The normalized spacial score (nSPS) is 11.4. The monoisotopic (exact) mass is 288 g/mol. The molecule has 0 fully saturated rings. The molecule has 0 radical (unpaired) electrons. The van der Waals surface area contributed by atoms with E-state index < -0.39 is 0 Å². The Morgan fingerprint density at radius 3 is 2.70 bits per heavy atom. The highest BCUT2D eigenvalue weighted by atomic mass is 35.5.